The molecule has 2 aliphatic rings. The number of fused-ring (bicyclic) bond motifs is 1. The van der Waals surface area contributed by atoms with Gasteiger partial charge in [0.2, 0.25) is 0 Å². The van der Waals surface area contributed by atoms with Crippen LogP contribution in [0.15, 0.2) is 0 Å². The summed E-state index contributed by atoms with van der Waals surface area (Å²) in [4.78, 5) is 13.9. The van der Waals surface area contributed by atoms with E-state index >= 15 is 0 Å². The zero-order valence-corrected chi connectivity index (χ0v) is 11.5. The number of hydrogen-bond acceptors (Lipinski definition) is 3. The van der Waals surface area contributed by atoms with Crippen molar-refractivity contribution in [3.05, 3.63) is 0 Å². The lowest BCUT2D eigenvalue weighted by Gasteiger charge is -2.55. The van der Waals surface area contributed by atoms with Crippen molar-refractivity contribution in [2.45, 2.75) is 46.3 Å². The fourth-order valence-corrected chi connectivity index (χ4v) is 2.89. The minimum atomic E-state index is -0.407. The van der Waals surface area contributed by atoms with Gasteiger partial charge in [0, 0.05) is 31.6 Å². The SMILES string of the molecule is CC(C)(C)OC(=O)N1CC2CNC2C(C)(C)C1. The van der Waals surface area contributed by atoms with E-state index in [1.54, 1.807) is 0 Å². The third kappa shape index (κ3) is 2.57. The molecule has 0 radical (unpaired) electrons. The van der Waals surface area contributed by atoms with Crippen LogP contribution in [0.4, 0.5) is 4.79 Å². The summed E-state index contributed by atoms with van der Waals surface area (Å²) in [6, 6.07) is 0.557. The van der Waals surface area contributed by atoms with Crippen molar-refractivity contribution in [3.63, 3.8) is 0 Å². The fraction of sp³-hybridized carbons (Fsp3) is 0.923. The van der Waals surface area contributed by atoms with Crippen molar-refractivity contribution in [1.29, 1.82) is 0 Å². The highest BCUT2D eigenvalue weighted by Crippen LogP contribution is 2.37. The molecule has 2 unspecified atom stereocenters. The van der Waals surface area contributed by atoms with Gasteiger partial charge < -0.3 is 15.0 Å². The molecular formula is C13H24N2O2. The summed E-state index contributed by atoms with van der Waals surface area (Å²) in [6.45, 7) is 12.8. The number of rotatable bonds is 0. The third-order valence-electron chi connectivity index (χ3n) is 3.62. The molecule has 2 rings (SSSR count). The van der Waals surface area contributed by atoms with Gasteiger partial charge in [-0.25, -0.2) is 4.79 Å². The molecule has 0 aromatic rings. The highest BCUT2D eigenvalue weighted by atomic mass is 16.6. The highest BCUT2D eigenvalue weighted by Gasteiger charge is 2.48. The van der Waals surface area contributed by atoms with Gasteiger partial charge in [-0.05, 0) is 26.2 Å². The molecule has 17 heavy (non-hydrogen) atoms. The van der Waals surface area contributed by atoms with Gasteiger partial charge in [0.15, 0.2) is 0 Å². The number of piperidine rings is 1. The van der Waals surface area contributed by atoms with Gasteiger partial charge in [0.05, 0.1) is 0 Å². The van der Waals surface area contributed by atoms with Crippen LogP contribution in [0, 0.1) is 11.3 Å². The van der Waals surface area contributed by atoms with Crippen LogP contribution in [-0.2, 0) is 4.74 Å². The Morgan fingerprint density at radius 1 is 1.41 bits per heavy atom. The monoisotopic (exact) mass is 240 g/mol. The molecule has 0 aliphatic carbocycles. The molecule has 2 fully saturated rings. The molecule has 0 aromatic heterocycles. The van der Waals surface area contributed by atoms with Crippen LogP contribution in [0.1, 0.15) is 34.6 Å². The fourth-order valence-electron chi connectivity index (χ4n) is 2.89. The van der Waals surface area contributed by atoms with Crippen LogP contribution >= 0.6 is 0 Å². The van der Waals surface area contributed by atoms with Crippen molar-refractivity contribution in [3.8, 4) is 0 Å². The van der Waals surface area contributed by atoms with Crippen LogP contribution < -0.4 is 5.32 Å². The number of nitrogens with one attached hydrogen (secondary N) is 1. The van der Waals surface area contributed by atoms with Gasteiger partial charge in [-0.15, -0.1) is 0 Å². The van der Waals surface area contributed by atoms with Gasteiger partial charge in [-0.2, -0.15) is 0 Å². The number of carbonyl (C=O) groups is 1. The van der Waals surface area contributed by atoms with E-state index in [2.05, 4.69) is 19.2 Å². The van der Waals surface area contributed by atoms with E-state index < -0.39 is 5.60 Å². The van der Waals surface area contributed by atoms with Gasteiger partial charge in [0.25, 0.3) is 0 Å². The largest absolute Gasteiger partial charge is 0.444 e. The first-order valence-corrected chi connectivity index (χ1v) is 6.40. The molecule has 0 saturated carbocycles. The van der Waals surface area contributed by atoms with Crippen molar-refractivity contribution in [2.75, 3.05) is 19.6 Å². The van der Waals surface area contributed by atoms with E-state index in [1.165, 1.54) is 0 Å². The van der Waals surface area contributed by atoms with E-state index in [0.717, 1.165) is 19.6 Å². The van der Waals surface area contributed by atoms with Crippen molar-refractivity contribution in [2.24, 2.45) is 11.3 Å². The maximum absolute atomic E-state index is 12.1. The average Bonchev–Trinajstić information content (AvgIpc) is 2.03. The predicted molar refractivity (Wildman–Crippen MR) is 66.9 cm³/mol. The van der Waals surface area contributed by atoms with Gasteiger partial charge >= 0.3 is 6.09 Å². The van der Waals surface area contributed by atoms with E-state index in [-0.39, 0.29) is 11.5 Å². The number of amides is 1. The molecule has 2 aliphatic heterocycles. The van der Waals surface area contributed by atoms with Crippen LogP contribution in [0.2, 0.25) is 0 Å². The molecular weight excluding hydrogens is 216 g/mol. The second kappa shape index (κ2) is 3.87. The molecule has 0 spiro atoms. The van der Waals surface area contributed by atoms with Gasteiger partial charge in [-0.1, -0.05) is 13.8 Å². The molecule has 2 atom stereocenters. The van der Waals surface area contributed by atoms with Crippen LogP contribution in [0.5, 0.6) is 0 Å². The molecule has 0 aromatic carbocycles. The number of nitrogens with zero attached hydrogens (tertiary/aromatic N) is 1. The Balaban J connectivity index is 2.01. The minimum absolute atomic E-state index is 0.137. The topological polar surface area (TPSA) is 41.6 Å². The zero-order valence-electron chi connectivity index (χ0n) is 11.5. The molecule has 4 heteroatoms. The first kappa shape index (κ1) is 12.7. The third-order valence-corrected chi connectivity index (χ3v) is 3.62. The molecule has 1 amide bonds. The Bertz CT molecular complexity index is 320. The van der Waals surface area contributed by atoms with Gasteiger partial charge in [-0.3, -0.25) is 0 Å². The minimum Gasteiger partial charge on any atom is -0.444 e. The second-order valence-electron chi connectivity index (χ2n) is 7.00. The first-order chi connectivity index (χ1) is 7.69. The Morgan fingerprint density at radius 2 is 2.06 bits per heavy atom. The van der Waals surface area contributed by atoms with Crippen molar-refractivity contribution >= 4 is 6.09 Å². The quantitative estimate of drug-likeness (QED) is 0.702. The number of ether oxygens (including phenoxy) is 1. The summed E-state index contributed by atoms with van der Waals surface area (Å²) in [6.07, 6.45) is -0.170. The summed E-state index contributed by atoms with van der Waals surface area (Å²) in [5.74, 6) is 0.589. The lowest BCUT2D eigenvalue weighted by Crippen LogP contribution is -2.69. The lowest BCUT2D eigenvalue weighted by molar-refractivity contribution is -0.0353. The smallest absolute Gasteiger partial charge is 0.410 e. The Hall–Kier alpha value is -0.770. The standard InChI is InChI=1S/C13H24N2O2/c1-12(2,3)17-11(16)15-7-9-6-14-10(9)13(4,5)8-15/h9-10,14H,6-8H2,1-5H3. The first-order valence-electron chi connectivity index (χ1n) is 6.40. The maximum Gasteiger partial charge on any atom is 0.410 e. The molecule has 2 saturated heterocycles. The second-order valence-corrected chi connectivity index (χ2v) is 7.00. The summed E-state index contributed by atoms with van der Waals surface area (Å²) in [5, 5.41) is 3.47. The Kier molecular flexibility index (Phi) is 2.89. The summed E-state index contributed by atoms with van der Waals surface area (Å²) in [5.41, 5.74) is -0.270. The van der Waals surface area contributed by atoms with Gasteiger partial charge in [0.1, 0.15) is 5.60 Å². The summed E-state index contributed by atoms with van der Waals surface area (Å²) >= 11 is 0. The number of hydrogen-bond donors (Lipinski definition) is 1. The van der Waals surface area contributed by atoms with E-state index in [1.807, 2.05) is 25.7 Å². The average molecular weight is 240 g/mol. The Labute approximate surface area is 104 Å². The summed E-state index contributed by atoms with van der Waals surface area (Å²) in [7, 11) is 0. The Morgan fingerprint density at radius 3 is 2.47 bits per heavy atom. The molecule has 4 nitrogen and oxygen atoms in total. The normalized spacial score (nSPS) is 31.5. The molecule has 1 N–H and O–H groups in total. The zero-order chi connectivity index (χ0) is 12.8. The highest BCUT2D eigenvalue weighted by molar-refractivity contribution is 5.68. The number of likely N-dealkylation sites (tertiary alicyclic amines) is 1. The van der Waals surface area contributed by atoms with Crippen molar-refractivity contribution in [1.82, 2.24) is 10.2 Å². The molecule has 2 heterocycles. The summed E-state index contributed by atoms with van der Waals surface area (Å²) < 4.78 is 5.44. The number of carbonyl (C=O) groups excluding carboxylic acids is 1. The van der Waals surface area contributed by atoms with E-state index in [0.29, 0.717) is 12.0 Å². The maximum atomic E-state index is 12.1. The van der Waals surface area contributed by atoms with Crippen LogP contribution in [0.3, 0.4) is 0 Å². The van der Waals surface area contributed by atoms with E-state index in [9.17, 15) is 4.79 Å². The van der Waals surface area contributed by atoms with E-state index in [4.69, 9.17) is 4.74 Å². The molecule has 0 bridgehead atoms. The predicted octanol–water partition coefficient (Wildman–Crippen LogP) is 1.85. The molecule has 98 valence electrons. The lowest BCUT2D eigenvalue weighted by atomic mass is 9.69. The van der Waals surface area contributed by atoms with Crippen LogP contribution in [-0.4, -0.2) is 42.3 Å². The van der Waals surface area contributed by atoms with Crippen molar-refractivity contribution < 1.29 is 9.53 Å². The van der Waals surface area contributed by atoms with Crippen LogP contribution in [0.25, 0.3) is 0 Å².